The first-order chi connectivity index (χ1) is 8.75. The van der Waals surface area contributed by atoms with Gasteiger partial charge < -0.3 is 10.4 Å². The lowest BCUT2D eigenvalue weighted by atomic mass is 10.1. The molecule has 0 bridgehead atoms. The van der Waals surface area contributed by atoms with E-state index in [4.69, 9.17) is 0 Å². The predicted octanol–water partition coefficient (Wildman–Crippen LogP) is 2.23. The van der Waals surface area contributed by atoms with Crippen LogP contribution >= 0.6 is 0 Å². The summed E-state index contributed by atoms with van der Waals surface area (Å²) < 4.78 is 0. The number of benzene rings is 2. The van der Waals surface area contributed by atoms with Crippen LogP contribution in [-0.4, -0.2) is 17.1 Å². The van der Waals surface area contributed by atoms with Crippen molar-refractivity contribution in [2.75, 3.05) is 5.32 Å². The van der Waals surface area contributed by atoms with Crippen LogP contribution in [0.1, 0.15) is 5.56 Å². The van der Waals surface area contributed by atoms with Crippen LogP contribution < -0.4 is 5.32 Å². The third kappa shape index (κ3) is 3.43. The smallest absolute Gasteiger partial charge is 0.253 e. The highest BCUT2D eigenvalue weighted by Crippen LogP contribution is 2.08. The molecular formula is C15H15NO2. The van der Waals surface area contributed by atoms with Crippen LogP contribution in [0, 0.1) is 0 Å². The molecule has 0 radical (unpaired) electrons. The van der Waals surface area contributed by atoms with Crippen LogP contribution in [0.2, 0.25) is 0 Å². The average Bonchev–Trinajstić information content (AvgIpc) is 2.41. The Bertz CT molecular complexity index is 496. The second-order valence-electron chi connectivity index (χ2n) is 4.06. The molecule has 0 aliphatic carbocycles. The molecule has 0 aliphatic heterocycles. The molecule has 2 aromatic carbocycles. The van der Waals surface area contributed by atoms with Gasteiger partial charge >= 0.3 is 0 Å². The van der Waals surface area contributed by atoms with Crippen molar-refractivity contribution in [1.29, 1.82) is 0 Å². The Hall–Kier alpha value is -2.13. The van der Waals surface area contributed by atoms with E-state index >= 15 is 0 Å². The van der Waals surface area contributed by atoms with Crippen molar-refractivity contribution < 1.29 is 9.90 Å². The molecule has 2 N–H and O–H groups in total. The Kier molecular flexibility index (Phi) is 4.10. The molecule has 2 aromatic rings. The van der Waals surface area contributed by atoms with Crippen molar-refractivity contribution in [2.24, 2.45) is 0 Å². The molecular weight excluding hydrogens is 226 g/mol. The first kappa shape index (κ1) is 12.3. The van der Waals surface area contributed by atoms with E-state index in [1.54, 1.807) is 12.1 Å². The van der Waals surface area contributed by atoms with Crippen molar-refractivity contribution in [2.45, 2.75) is 12.5 Å². The van der Waals surface area contributed by atoms with Crippen LogP contribution in [0.4, 0.5) is 5.69 Å². The number of aliphatic hydroxyl groups excluding tert-OH is 1. The van der Waals surface area contributed by atoms with Gasteiger partial charge in [0, 0.05) is 12.1 Å². The highest BCUT2D eigenvalue weighted by Gasteiger charge is 2.15. The average molecular weight is 241 g/mol. The minimum Gasteiger partial charge on any atom is -0.383 e. The standard InChI is InChI=1S/C15H15NO2/c17-14(11-12-7-3-1-4-8-12)15(18)16-13-9-5-2-6-10-13/h1-10,14,17H,11H2,(H,16,18)/t14-/m0/s1. The molecule has 0 saturated heterocycles. The second kappa shape index (κ2) is 5.98. The van der Waals surface area contributed by atoms with Gasteiger partial charge in [0.25, 0.3) is 5.91 Å². The Balaban J connectivity index is 1.93. The number of amides is 1. The molecule has 0 aliphatic rings. The molecule has 1 atom stereocenters. The molecule has 0 spiro atoms. The fraction of sp³-hybridized carbons (Fsp3) is 0.133. The number of rotatable bonds is 4. The lowest BCUT2D eigenvalue weighted by Gasteiger charge is -2.11. The third-order valence-electron chi connectivity index (χ3n) is 2.62. The molecule has 1 amide bonds. The molecule has 0 fully saturated rings. The zero-order chi connectivity index (χ0) is 12.8. The van der Waals surface area contributed by atoms with Gasteiger partial charge in [-0.2, -0.15) is 0 Å². The summed E-state index contributed by atoms with van der Waals surface area (Å²) in [6.45, 7) is 0. The summed E-state index contributed by atoms with van der Waals surface area (Å²) in [5.41, 5.74) is 1.63. The third-order valence-corrected chi connectivity index (χ3v) is 2.62. The number of nitrogens with one attached hydrogen (secondary N) is 1. The number of carbonyl (C=O) groups excluding carboxylic acids is 1. The molecule has 0 aromatic heterocycles. The number of hydrogen-bond donors (Lipinski definition) is 2. The summed E-state index contributed by atoms with van der Waals surface area (Å²) >= 11 is 0. The summed E-state index contributed by atoms with van der Waals surface area (Å²) in [5.74, 6) is -0.384. The maximum atomic E-state index is 11.8. The van der Waals surface area contributed by atoms with Crippen LogP contribution in [0.25, 0.3) is 0 Å². The van der Waals surface area contributed by atoms with E-state index in [9.17, 15) is 9.90 Å². The lowest BCUT2D eigenvalue weighted by molar-refractivity contribution is -0.123. The monoisotopic (exact) mass is 241 g/mol. The predicted molar refractivity (Wildman–Crippen MR) is 71.2 cm³/mol. The molecule has 0 unspecified atom stereocenters. The SMILES string of the molecule is O=C(Nc1ccccc1)[C@@H](O)Cc1ccccc1. The van der Waals surface area contributed by atoms with Gasteiger partial charge in [-0.05, 0) is 17.7 Å². The summed E-state index contributed by atoms with van der Waals surface area (Å²) in [5, 5.41) is 12.5. The maximum absolute atomic E-state index is 11.8. The molecule has 18 heavy (non-hydrogen) atoms. The summed E-state index contributed by atoms with van der Waals surface area (Å²) in [7, 11) is 0. The van der Waals surface area contributed by atoms with Gasteiger partial charge in [0.1, 0.15) is 6.10 Å². The van der Waals surface area contributed by atoms with E-state index in [2.05, 4.69) is 5.32 Å². The largest absolute Gasteiger partial charge is 0.383 e. The topological polar surface area (TPSA) is 49.3 Å². The van der Waals surface area contributed by atoms with Crippen molar-refractivity contribution in [3.05, 3.63) is 66.2 Å². The Morgan fingerprint density at radius 2 is 1.56 bits per heavy atom. The molecule has 0 saturated carbocycles. The molecule has 2 rings (SSSR count). The van der Waals surface area contributed by atoms with Gasteiger partial charge in [0.05, 0.1) is 0 Å². The number of anilines is 1. The van der Waals surface area contributed by atoms with Crippen molar-refractivity contribution in [1.82, 2.24) is 0 Å². The molecule has 3 nitrogen and oxygen atoms in total. The number of para-hydroxylation sites is 1. The minimum absolute atomic E-state index is 0.319. The first-order valence-corrected chi connectivity index (χ1v) is 5.83. The minimum atomic E-state index is -1.03. The van der Waals surface area contributed by atoms with Gasteiger partial charge in [-0.15, -0.1) is 0 Å². The van der Waals surface area contributed by atoms with E-state index in [0.717, 1.165) is 5.56 Å². The quantitative estimate of drug-likeness (QED) is 0.862. The summed E-state index contributed by atoms with van der Waals surface area (Å²) in [6.07, 6.45) is -0.716. The van der Waals surface area contributed by atoms with Crippen LogP contribution in [-0.2, 0) is 11.2 Å². The van der Waals surface area contributed by atoms with Crippen LogP contribution in [0.3, 0.4) is 0 Å². The van der Waals surface area contributed by atoms with Crippen LogP contribution in [0.15, 0.2) is 60.7 Å². The zero-order valence-electron chi connectivity index (χ0n) is 9.91. The number of hydrogen-bond acceptors (Lipinski definition) is 2. The van der Waals surface area contributed by atoms with Crippen LogP contribution in [0.5, 0.6) is 0 Å². The Morgan fingerprint density at radius 3 is 2.17 bits per heavy atom. The summed E-state index contributed by atoms with van der Waals surface area (Å²) in [6, 6.07) is 18.6. The van der Waals surface area contributed by atoms with E-state index < -0.39 is 6.10 Å². The van der Waals surface area contributed by atoms with Crippen molar-refractivity contribution in [3.8, 4) is 0 Å². The van der Waals surface area contributed by atoms with E-state index in [0.29, 0.717) is 12.1 Å². The molecule has 92 valence electrons. The number of carbonyl (C=O) groups is 1. The Morgan fingerprint density at radius 1 is 1.00 bits per heavy atom. The molecule has 3 heteroatoms. The van der Waals surface area contributed by atoms with Crippen molar-refractivity contribution >= 4 is 11.6 Å². The highest BCUT2D eigenvalue weighted by molar-refractivity contribution is 5.94. The lowest BCUT2D eigenvalue weighted by Crippen LogP contribution is -2.29. The normalized spacial score (nSPS) is 11.8. The zero-order valence-corrected chi connectivity index (χ0v) is 9.91. The van der Waals surface area contributed by atoms with Gasteiger partial charge in [0.2, 0.25) is 0 Å². The highest BCUT2D eigenvalue weighted by atomic mass is 16.3. The van der Waals surface area contributed by atoms with Crippen molar-refractivity contribution in [3.63, 3.8) is 0 Å². The van der Waals surface area contributed by atoms with Gasteiger partial charge in [0.15, 0.2) is 0 Å². The molecule has 0 heterocycles. The van der Waals surface area contributed by atoms with E-state index in [1.165, 1.54) is 0 Å². The Labute approximate surface area is 106 Å². The number of aliphatic hydroxyl groups is 1. The second-order valence-corrected chi connectivity index (χ2v) is 4.06. The van der Waals surface area contributed by atoms with Gasteiger partial charge in [-0.3, -0.25) is 4.79 Å². The van der Waals surface area contributed by atoms with E-state index in [1.807, 2.05) is 48.5 Å². The fourth-order valence-corrected chi connectivity index (χ4v) is 1.68. The maximum Gasteiger partial charge on any atom is 0.253 e. The van der Waals surface area contributed by atoms with Gasteiger partial charge in [-0.1, -0.05) is 48.5 Å². The summed E-state index contributed by atoms with van der Waals surface area (Å²) in [4.78, 5) is 11.8. The fourth-order valence-electron chi connectivity index (χ4n) is 1.68. The first-order valence-electron chi connectivity index (χ1n) is 5.83. The van der Waals surface area contributed by atoms with Gasteiger partial charge in [-0.25, -0.2) is 0 Å². The van der Waals surface area contributed by atoms with E-state index in [-0.39, 0.29) is 5.91 Å².